The molecule has 7 heteroatoms. The molecule has 5 nitrogen and oxygen atoms in total. The molecular weight excluding hydrogens is 320 g/mol. The van der Waals surface area contributed by atoms with Crippen LogP contribution in [0.15, 0.2) is 27.6 Å². The van der Waals surface area contributed by atoms with Crippen molar-refractivity contribution < 1.29 is 13.2 Å². The highest BCUT2D eigenvalue weighted by atomic mass is 79.9. The van der Waals surface area contributed by atoms with Gasteiger partial charge in [-0.05, 0) is 24.6 Å². The summed E-state index contributed by atoms with van der Waals surface area (Å²) in [4.78, 5) is 0.0799. The molecule has 0 bridgehead atoms. The summed E-state index contributed by atoms with van der Waals surface area (Å²) in [5.41, 5.74) is 0. The van der Waals surface area contributed by atoms with Gasteiger partial charge in [-0.3, -0.25) is 0 Å². The zero-order chi connectivity index (χ0) is 13.6. The number of nitrogens with zero attached hydrogens (tertiary/aromatic N) is 1. The summed E-state index contributed by atoms with van der Waals surface area (Å²) in [5, 5.41) is 8.38. The number of ether oxygens (including phenoxy) is 1. The van der Waals surface area contributed by atoms with Crippen LogP contribution in [0.25, 0.3) is 0 Å². The second kappa shape index (κ2) is 6.73. The molecule has 0 radical (unpaired) electrons. The maximum absolute atomic E-state index is 12.0. The van der Waals surface area contributed by atoms with E-state index in [9.17, 15) is 8.42 Å². The lowest BCUT2D eigenvalue weighted by Gasteiger charge is -2.10. The van der Waals surface area contributed by atoms with Gasteiger partial charge in [-0.2, -0.15) is 5.26 Å². The molecule has 0 unspecified atom stereocenters. The molecule has 1 aromatic carbocycles. The van der Waals surface area contributed by atoms with Crippen molar-refractivity contribution in [3.63, 3.8) is 0 Å². The highest BCUT2D eigenvalue weighted by Gasteiger charge is 2.19. The van der Waals surface area contributed by atoms with E-state index in [1.54, 1.807) is 12.1 Å². The van der Waals surface area contributed by atoms with Crippen molar-refractivity contribution in [2.45, 2.75) is 17.7 Å². The van der Waals surface area contributed by atoms with Crippen molar-refractivity contribution in [1.29, 1.82) is 5.26 Å². The van der Waals surface area contributed by atoms with Gasteiger partial charge in [0, 0.05) is 17.4 Å². The maximum Gasteiger partial charge on any atom is 0.244 e. The van der Waals surface area contributed by atoms with E-state index in [0.29, 0.717) is 17.3 Å². The third-order valence-corrected chi connectivity index (χ3v) is 4.15. The fraction of sp³-hybridized carbons (Fsp3) is 0.364. The molecule has 1 N–H and O–H groups in total. The number of methoxy groups -OCH3 is 1. The van der Waals surface area contributed by atoms with Crippen LogP contribution in [0.4, 0.5) is 0 Å². The van der Waals surface area contributed by atoms with Crippen LogP contribution in [0.2, 0.25) is 0 Å². The number of halogens is 1. The lowest BCUT2D eigenvalue weighted by Crippen LogP contribution is -2.25. The van der Waals surface area contributed by atoms with E-state index in [4.69, 9.17) is 10.00 Å². The van der Waals surface area contributed by atoms with Crippen LogP contribution in [0, 0.1) is 11.3 Å². The Hall–Kier alpha value is -1.10. The van der Waals surface area contributed by atoms with Crippen molar-refractivity contribution in [1.82, 2.24) is 4.72 Å². The van der Waals surface area contributed by atoms with E-state index in [1.807, 2.05) is 6.07 Å². The molecule has 0 saturated heterocycles. The number of rotatable bonds is 6. The van der Waals surface area contributed by atoms with E-state index in [0.717, 1.165) is 0 Å². The summed E-state index contributed by atoms with van der Waals surface area (Å²) in [6.07, 6.45) is 0.796. The lowest BCUT2D eigenvalue weighted by atomic mass is 10.3. The van der Waals surface area contributed by atoms with E-state index >= 15 is 0 Å². The van der Waals surface area contributed by atoms with Gasteiger partial charge in [-0.15, -0.1) is 0 Å². The van der Waals surface area contributed by atoms with Crippen LogP contribution in [0.1, 0.15) is 12.8 Å². The smallest absolute Gasteiger partial charge is 0.244 e. The Balaban J connectivity index is 2.91. The predicted molar refractivity (Wildman–Crippen MR) is 70.7 cm³/mol. The zero-order valence-electron chi connectivity index (χ0n) is 9.81. The van der Waals surface area contributed by atoms with Crippen LogP contribution in [-0.2, 0) is 10.0 Å². The van der Waals surface area contributed by atoms with Crippen LogP contribution in [-0.4, -0.2) is 22.1 Å². The molecule has 0 spiro atoms. The molecule has 0 aliphatic carbocycles. The second-order valence-electron chi connectivity index (χ2n) is 3.45. The highest BCUT2D eigenvalue weighted by molar-refractivity contribution is 9.10. The summed E-state index contributed by atoms with van der Waals surface area (Å²) in [5.74, 6) is 0.283. The van der Waals surface area contributed by atoms with Gasteiger partial charge in [-0.25, -0.2) is 13.1 Å². The van der Waals surface area contributed by atoms with Crippen LogP contribution < -0.4 is 9.46 Å². The number of unbranched alkanes of at least 4 members (excludes halogenated alkanes) is 1. The Morgan fingerprint density at radius 1 is 1.50 bits per heavy atom. The van der Waals surface area contributed by atoms with Crippen molar-refractivity contribution in [2.24, 2.45) is 0 Å². The van der Waals surface area contributed by atoms with Crippen molar-refractivity contribution in [3.05, 3.63) is 22.7 Å². The molecule has 1 aromatic rings. The summed E-state index contributed by atoms with van der Waals surface area (Å²) in [6.45, 7) is 0.228. The summed E-state index contributed by atoms with van der Waals surface area (Å²) in [6, 6.07) is 6.72. The predicted octanol–water partition coefficient (Wildman–Crippen LogP) is 2.04. The quantitative estimate of drug-likeness (QED) is 0.808. The van der Waals surface area contributed by atoms with Crippen molar-refractivity contribution in [3.8, 4) is 11.8 Å². The van der Waals surface area contributed by atoms with Gasteiger partial charge in [0.2, 0.25) is 10.0 Å². The first-order valence-electron chi connectivity index (χ1n) is 5.21. The number of hydrogen-bond donors (Lipinski definition) is 1. The molecule has 0 aliphatic rings. The molecule has 0 amide bonds. The molecule has 98 valence electrons. The fourth-order valence-electron chi connectivity index (χ4n) is 1.31. The van der Waals surface area contributed by atoms with E-state index in [2.05, 4.69) is 20.7 Å². The minimum atomic E-state index is -3.62. The van der Waals surface area contributed by atoms with E-state index in [-0.39, 0.29) is 17.2 Å². The van der Waals surface area contributed by atoms with Gasteiger partial charge >= 0.3 is 0 Å². The minimum Gasteiger partial charge on any atom is -0.495 e. The average Bonchev–Trinajstić information content (AvgIpc) is 2.35. The molecule has 1 rings (SSSR count). The number of hydrogen-bond acceptors (Lipinski definition) is 4. The standard InChI is InChI=1S/C11H13BrN2O3S/c1-17-10-5-4-9(12)8-11(10)18(15,16)14-7-3-2-6-13/h4-5,8,14H,2-3,7H2,1H3. The van der Waals surface area contributed by atoms with Gasteiger partial charge in [0.1, 0.15) is 10.6 Å². The van der Waals surface area contributed by atoms with E-state index < -0.39 is 10.0 Å². The first kappa shape index (κ1) is 15.0. The first-order valence-corrected chi connectivity index (χ1v) is 7.49. The van der Waals surface area contributed by atoms with Crippen LogP contribution >= 0.6 is 15.9 Å². The van der Waals surface area contributed by atoms with Crippen LogP contribution in [0.3, 0.4) is 0 Å². The third kappa shape index (κ3) is 3.98. The minimum absolute atomic E-state index is 0.0799. The average molecular weight is 333 g/mol. The Morgan fingerprint density at radius 2 is 2.22 bits per heavy atom. The Kier molecular flexibility index (Phi) is 5.59. The third-order valence-electron chi connectivity index (χ3n) is 2.17. The number of nitrogens with one attached hydrogen (secondary N) is 1. The Labute approximate surface area is 115 Å². The van der Waals surface area contributed by atoms with Crippen molar-refractivity contribution >= 4 is 26.0 Å². The van der Waals surface area contributed by atoms with Gasteiger partial charge in [0.15, 0.2) is 0 Å². The van der Waals surface area contributed by atoms with Gasteiger partial charge in [0.05, 0.1) is 13.2 Å². The molecular formula is C11H13BrN2O3S. The molecule has 0 aliphatic heterocycles. The van der Waals surface area contributed by atoms with Gasteiger partial charge in [0.25, 0.3) is 0 Å². The topological polar surface area (TPSA) is 79.2 Å². The largest absolute Gasteiger partial charge is 0.495 e. The van der Waals surface area contributed by atoms with Crippen LogP contribution in [0.5, 0.6) is 5.75 Å². The Morgan fingerprint density at radius 3 is 2.83 bits per heavy atom. The van der Waals surface area contributed by atoms with E-state index in [1.165, 1.54) is 13.2 Å². The molecule has 0 fully saturated rings. The number of nitriles is 1. The Bertz CT molecular complexity index is 552. The summed E-state index contributed by atoms with van der Waals surface area (Å²) >= 11 is 3.22. The summed E-state index contributed by atoms with van der Waals surface area (Å²) < 4.78 is 32.2. The monoisotopic (exact) mass is 332 g/mol. The molecule has 0 saturated carbocycles. The molecule has 18 heavy (non-hydrogen) atoms. The summed E-state index contributed by atoms with van der Waals surface area (Å²) in [7, 11) is -2.21. The zero-order valence-corrected chi connectivity index (χ0v) is 12.2. The van der Waals surface area contributed by atoms with Gasteiger partial charge < -0.3 is 4.74 Å². The first-order chi connectivity index (χ1) is 8.51. The molecule has 0 atom stereocenters. The second-order valence-corrected chi connectivity index (χ2v) is 6.11. The highest BCUT2D eigenvalue weighted by Crippen LogP contribution is 2.26. The normalized spacial score (nSPS) is 10.9. The number of benzene rings is 1. The molecule has 0 heterocycles. The lowest BCUT2D eigenvalue weighted by molar-refractivity contribution is 0.402. The maximum atomic E-state index is 12.0. The SMILES string of the molecule is COc1ccc(Br)cc1S(=O)(=O)NCCCC#N. The number of sulfonamides is 1. The van der Waals surface area contributed by atoms with Crippen molar-refractivity contribution in [2.75, 3.05) is 13.7 Å². The van der Waals surface area contributed by atoms with Gasteiger partial charge in [-0.1, -0.05) is 15.9 Å². The molecule has 0 aromatic heterocycles. The fourth-order valence-corrected chi connectivity index (χ4v) is 3.09.